The van der Waals surface area contributed by atoms with Crippen molar-refractivity contribution in [1.82, 2.24) is 10.3 Å². The van der Waals surface area contributed by atoms with Crippen LogP contribution in [-0.4, -0.2) is 16.0 Å². The molecule has 0 fully saturated rings. The Morgan fingerprint density at radius 2 is 1.92 bits per heavy atom. The largest absolute Gasteiger partial charge is 0.308 e. The summed E-state index contributed by atoms with van der Waals surface area (Å²) in [6.45, 7) is 0. The summed E-state index contributed by atoms with van der Waals surface area (Å²) < 4.78 is 0.992. The van der Waals surface area contributed by atoms with E-state index < -0.39 is 0 Å². The van der Waals surface area contributed by atoms with Crippen molar-refractivity contribution >= 4 is 62.3 Å². The predicted molar refractivity (Wildman–Crippen MR) is 110 cm³/mol. The van der Waals surface area contributed by atoms with E-state index in [1.807, 2.05) is 47.8 Å². The van der Waals surface area contributed by atoms with E-state index in [-0.39, 0.29) is 11.0 Å². The van der Waals surface area contributed by atoms with Gasteiger partial charge in [-0.3, -0.25) is 10.1 Å². The Balaban J connectivity index is 1.63. The molecule has 24 heavy (non-hydrogen) atoms. The van der Waals surface area contributed by atoms with Crippen LogP contribution in [0.1, 0.15) is 10.4 Å². The third-order valence-corrected chi connectivity index (χ3v) is 4.74. The smallest absolute Gasteiger partial charge is 0.257 e. The summed E-state index contributed by atoms with van der Waals surface area (Å²) in [5.41, 5.74) is 2.47. The summed E-state index contributed by atoms with van der Waals surface area (Å²) in [4.78, 5) is 16.6. The van der Waals surface area contributed by atoms with Crippen LogP contribution >= 0.6 is 46.1 Å². The third kappa shape index (κ3) is 4.37. The van der Waals surface area contributed by atoms with Gasteiger partial charge in [-0.2, -0.15) is 0 Å². The third-order valence-electron chi connectivity index (χ3n) is 3.11. The molecule has 0 saturated heterocycles. The molecule has 0 unspecified atom stereocenters. The zero-order valence-electron chi connectivity index (χ0n) is 12.3. The molecule has 0 atom stereocenters. The van der Waals surface area contributed by atoms with Crippen molar-refractivity contribution in [3.8, 4) is 11.3 Å². The summed E-state index contributed by atoms with van der Waals surface area (Å²) in [7, 11) is 0. The molecule has 7 heteroatoms. The number of halogens is 1. The number of nitrogens with one attached hydrogen (secondary N) is 2. The van der Waals surface area contributed by atoms with Crippen molar-refractivity contribution in [2.75, 3.05) is 5.32 Å². The molecule has 0 bridgehead atoms. The van der Waals surface area contributed by atoms with Crippen LogP contribution in [0.4, 0.5) is 5.13 Å². The van der Waals surface area contributed by atoms with Gasteiger partial charge in [0.05, 0.1) is 5.69 Å². The predicted octanol–water partition coefficient (Wildman–Crippen LogP) is 4.54. The summed E-state index contributed by atoms with van der Waals surface area (Å²) in [6, 6.07) is 17.2. The normalized spacial score (nSPS) is 10.2. The first-order chi connectivity index (χ1) is 11.6. The fourth-order valence-corrected chi connectivity index (χ4v) is 3.53. The van der Waals surface area contributed by atoms with E-state index in [2.05, 4.69) is 38.2 Å². The van der Waals surface area contributed by atoms with Gasteiger partial charge < -0.3 is 5.32 Å². The van der Waals surface area contributed by atoms with Crippen LogP contribution in [0.5, 0.6) is 0 Å². The van der Waals surface area contributed by atoms with E-state index in [9.17, 15) is 4.79 Å². The number of thiocarbonyl (C=S) groups is 1. The number of carbonyl (C=O) groups is 1. The zero-order valence-corrected chi connectivity index (χ0v) is 16.1. The van der Waals surface area contributed by atoms with E-state index in [0.29, 0.717) is 10.7 Å². The highest BCUT2D eigenvalue weighted by Crippen LogP contribution is 2.24. The molecule has 0 saturated carbocycles. The summed E-state index contributed by atoms with van der Waals surface area (Å²) in [6.07, 6.45) is 0. The number of benzene rings is 2. The van der Waals surface area contributed by atoms with Crippen LogP contribution in [0.2, 0.25) is 0 Å². The number of aromatic nitrogens is 1. The van der Waals surface area contributed by atoms with Crippen LogP contribution in [-0.2, 0) is 0 Å². The SMILES string of the molecule is O=C(NC(=S)Nc1nc(-c2ccccc2)cs1)c1cccc(I)c1. The minimum atomic E-state index is -0.245. The summed E-state index contributed by atoms with van der Waals surface area (Å²) in [5.74, 6) is -0.245. The lowest BCUT2D eigenvalue weighted by Gasteiger charge is -2.07. The van der Waals surface area contributed by atoms with Gasteiger partial charge in [0.15, 0.2) is 10.2 Å². The molecule has 2 aromatic carbocycles. The second-order valence-electron chi connectivity index (χ2n) is 4.82. The molecule has 1 amide bonds. The Hall–Kier alpha value is -1.84. The van der Waals surface area contributed by atoms with Crippen molar-refractivity contribution in [1.29, 1.82) is 0 Å². The fourth-order valence-electron chi connectivity index (χ4n) is 2.01. The number of hydrogen-bond donors (Lipinski definition) is 2. The molecular weight excluding hydrogens is 453 g/mol. The topological polar surface area (TPSA) is 54.0 Å². The van der Waals surface area contributed by atoms with Crippen LogP contribution in [0.15, 0.2) is 60.0 Å². The first kappa shape index (κ1) is 17.0. The van der Waals surface area contributed by atoms with Crippen LogP contribution < -0.4 is 10.6 Å². The number of carbonyl (C=O) groups excluding carboxylic acids is 1. The maximum atomic E-state index is 12.2. The van der Waals surface area contributed by atoms with E-state index in [4.69, 9.17) is 12.2 Å². The van der Waals surface area contributed by atoms with Crippen LogP contribution in [0.3, 0.4) is 0 Å². The van der Waals surface area contributed by atoms with Crippen molar-refractivity contribution in [2.24, 2.45) is 0 Å². The Labute approximate surface area is 162 Å². The lowest BCUT2D eigenvalue weighted by Crippen LogP contribution is -2.34. The number of thiazole rings is 1. The number of hydrogen-bond acceptors (Lipinski definition) is 4. The lowest BCUT2D eigenvalue weighted by molar-refractivity contribution is 0.0977. The first-order valence-electron chi connectivity index (χ1n) is 7.00. The quantitative estimate of drug-likeness (QED) is 0.441. The Morgan fingerprint density at radius 1 is 1.12 bits per heavy atom. The van der Waals surface area contributed by atoms with Crippen molar-refractivity contribution in [3.05, 3.63) is 69.1 Å². The Morgan fingerprint density at radius 3 is 2.67 bits per heavy atom. The molecule has 0 aliphatic carbocycles. The maximum Gasteiger partial charge on any atom is 0.257 e. The van der Waals surface area contributed by atoms with Gasteiger partial charge in [0.25, 0.3) is 5.91 Å². The standard InChI is InChI=1S/C17H12IN3OS2/c18-13-8-4-7-12(9-13)15(22)20-16(23)21-17-19-14(10-24-17)11-5-2-1-3-6-11/h1-10H,(H2,19,20,21,22,23). The Bertz CT molecular complexity index is 880. The van der Waals surface area contributed by atoms with Gasteiger partial charge in [-0.25, -0.2) is 4.98 Å². The summed E-state index contributed by atoms with van der Waals surface area (Å²) >= 11 is 8.79. The van der Waals surface area contributed by atoms with E-state index in [1.165, 1.54) is 11.3 Å². The molecule has 0 aliphatic rings. The minimum absolute atomic E-state index is 0.229. The Kier molecular flexibility index (Phi) is 5.54. The second-order valence-corrected chi connectivity index (χ2v) is 7.33. The van der Waals surface area contributed by atoms with Crippen molar-refractivity contribution in [2.45, 2.75) is 0 Å². The number of nitrogens with zero attached hydrogens (tertiary/aromatic N) is 1. The van der Waals surface area contributed by atoms with Gasteiger partial charge in [0, 0.05) is 20.1 Å². The molecule has 2 N–H and O–H groups in total. The van der Waals surface area contributed by atoms with E-state index in [1.54, 1.807) is 12.1 Å². The number of anilines is 1. The monoisotopic (exact) mass is 465 g/mol. The molecular formula is C17H12IN3OS2. The molecule has 3 aromatic rings. The molecule has 1 heterocycles. The molecule has 1 aromatic heterocycles. The fraction of sp³-hybridized carbons (Fsp3) is 0. The van der Waals surface area contributed by atoms with Gasteiger partial charge in [-0.1, -0.05) is 36.4 Å². The van der Waals surface area contributed by atoms with Gasteiger partial charge in [-0.15, -0.1) is 11.3 Å². The highest BCUT2D eigenvalue weighted by molar-refractivity contribution is 14.1. The second kappa shape index (κ2) is 7.82. The molecule has 3 rings (SSSR count). The number of rotatable bonds is 3. The van der Waals surface area contributed by atoms with E-state index in [0.717, 1.165) is 14.8 Å². The molecule has 120 valence electrons. The van der Waals surface area contributed by atoms with E-state index >= 15 is 0 Å². The average Bonchev–Trinajstić information content (AvgIpc) is 3.04. The summed E-state index contributed by atoms with van der Waals surface area (Å²) in [5, 5.41) is 8.43. The van der Waals surface area contributed by atoms with Crippen LogP contribution in [0.25, 0.3) is 11.3 Å². The van der Waals surface area contributed by atoms with Crippen molar-refractivity contribution < 1.29 is 4.79 Å². The van der Waals surface area contributed by atoms with Gasteiger partial charge in [-0.05, 0) is 53.0 Å². The van der Waals surface area contributed by atoms with Crippen LogP contribution in [0, 0.1) is 3.57 Å². The molecule has 0 spiro atoms. The average molecular weight is 465 g/mol. The van der Waals surface area contributed by atoms with Crippen molar-refractivity contribution in [3.63, 3.8) is 0 Å². The highest BCUT2D eigenvalue weighted by atomic mass is 127. The van der Waals surface area contributed by atoms with Gasteiger partial charge in [0.2, 0.25) is 0 Å². The maximum absolute atomic E-state index is 12.2. The van der Waals surface area contributed by atoms with Gasteiger partial charge in [0.1, 0.15) is 0 Å². The van der Waals surface area contributed by atoms with Gasteiger partial charge >= 0.3 is 0 Å². The molecule has 4 nitrogen and oxygen atoms in total. The highest BCUT2D eigenvalue weighted by Gasteiger charge is 2.10. The molecule has 0 aliphatic heterocycles. The number of amides is 1. The minimum Gasteiger partial charge on any atom is -0.308 e. The first-order valence-corrected chi connectivity index (χ1v) is 9.37. The zero-order chi connectivity index (χ0) is 16.9. The molecule has 0 radical (unpaired) electrons. The lowest BCUT2D eigenvalue weighted by atomic mass is 10.2.